The molecule has 3 aromatic carbocycles. The smallest absolute Gasteiger partial charge is 0.293 e. The van der Waals surface area contributed by atoms with E-state index in [9.17, 15) is 28.4 Å². The van der Waals surface area contributed by atoms with Gasteiger partial charge in [-0.25, -0.2) is 18.1 Å². The van der Waals surface area contributed by atoms with E-state index in [1.54, 1.807) is 13.2 Å². The first kappa shape index (κ1) is 59.0. The Kier molecular flexibility index (Phi) is 16.4. The quantitative estimate of drug-likeness (QED) is 0.0521. The van der Waals surface area contributed by atoms with E-state index in [4.69, 9.17) is 28.9 Å². The number of nitro groups is 1. The second-order valence-electron chi connectivity index (χ2n) is 26.2. The van der Waals surface area contributed by atoms with Crippen molar-refractivity contribution in [3.8, 4) is 11.6 Å². The first-order chi connectivity index (χ1) is 42.0. The van der Waals surface area contributed by atoms with Gasteiger partial charge in [-0.15, -0.1) is 0 Å². The molecule has 20 nitrogen and oxygen atoms in total. The molecule has 1 spiro atoms. The van der Waals surface area contributed by atoms with E-state index in [0.29, 0.717) is 99.1 Å². The first-order valence-corrected chi connectivity index (χ1v) is 32.9. The standard InChI is InChI=1S/C66H82N10O10S/c1-42(2)50-7-5-6-8-51(50)55-32-44(31-45-33-59(83-4)62(69-40-45)73-26-29-84-30-27-73)16-23-74(55)48-37-66(38-48)20-24-72(25-21-66)47-9-11-52(56(35-47)75-54-17-28-85-41-60(54)86-64-58(75)34-46-15-22-67-61(46)70-64)63(77)71-87(81,82)49-10-12-53(57(36-49)76(79)80)68-39-43-13-18-65(3,78)19-14-43/h5-12,15,22,33-36,40,42-44,48,54-55,60,68,78H,13-14,16-21,23-32,37-39,41H2,1-4H3,(H,67,70)(H,71,77)/t43?,44-,54-,55+,60-,65?/m0/s1. The van der Waals surface area contributed by atoms with Gasteiger partial charge in [-0.2, -0.15) is 4.98 Å². The van der Waals surface area contributed by atoms with Crippen molar-refractivity contribution in [2.45, 2.75) is 138 Å². The van der Waals surface area contributed by atoms with Crippen LogP contribution in [0.15, 0.2) is 96.2 Å². The number of piperidine rings is 2. The fourth-order valence-corrected chi connectivity index (χ4v) is 16.3. The minimum atomic E-state index is -4.65. The summed E-state index contributed by atoms with van der Waals surface area (Å²) >= 11 is 0. The molecule has 21 heteroatoms. The number of benzene rings is 3. The van der Waals surface area contributed by atoms with Gasteiger partial charge >= 0.3 is 0 Å². The highest BCUT2D eigenvalue weighted by Crippen LogP contribution is 2.55. The highest BCUT2D eigenvalue weighted by atomic mass is 32.2. The number of aliphatic hydroxyl groups is 1. The van der Waals surface area contributed by atoms with Crippen LogP contribution in [0.3, 0.4) is 0 Å². The van der Waals surface area contributed by atoms with Crippen LogP contribution >= 0.6 is 0 Å². The van der Waals surface area contributed by atoms with Crippen LogP contribution in [0, 0.1) is 27.4 Å². The molecule has 3 aromatic heterocycles. The fraction of sp³-hybridized carbons (Fsp3) is 0.530. The maximum Gasteiger partial charge on any atom is 0.293 e. The average Bonchev–Trinajstić information content (AvgIpc) is 1.53. The summed E-state index contributed by atoms with van der Waals surface area (Å²) in [7, 11) is -2.91. The zero-order valence-electron chi connectivity index (χ0n) is 50.4. The number of rotatable bonds is 16. The van der Waals surface area contributed by atoms with E-state index in [-0.39, 0.29) is 28.6 Å². The average molecular weight is 1210 g/mol. The number of pyridine rings is 2. The molecule has 0 bridgehead atoms. The summed E-state index contributed by atoms with van der Waals surface area (Å²) in [5.41, 5.74) is 6.12. The molecule has 8 heterocycles. The lowest BCUT2D eigenvalue weighted by Crippen LogP contribution is -2.57. The number of sulfonamides is 1. The van der Waals surface area contributed by atoms with Crippen LogP contribution in [0.25, 0.3) is 11.0 Å². The number of ether oxygens (including phenoxy) is 4. The SMILES string of the molecule is COc1cc(C[C@@H]2CCN(C3CC4(CCN(c5ccc(C(=O)NS(=O)(=O)c6ccc(NCC7CCC(C)(O)CC7)c([N+](=O)[O-])c6)c(N6c7cc8cc[nH]c8nc7O[C@H]7COCC[C@@H]76)c5)CC4)C3)[C@@H](c3ccccc3C(C)C)C2)cnc1N1CCOCC1. The van der Waals surface area contributed by atoms with Crippen LogP contribution < -0.4 is 34.2 Å². The Balaban J connectivity index is 0.743. The van der Waals surface area contributed by atoms with Crippen molar-refractivity contribution >= 4 is 61.2 Å². The summed E-state index contributed by atoms with van der Waals surface area (Å²) < 4.78 is 55.1. The number of aromatic amines is 1. The minimum absolute atomic E-state index is 0.111. The Morgan fingerprint density at radius 2 is 1.69 bits per heavy atom. The third kappa shape index (κ3) is 12.1. The number of H-pyrrole nitrogens is 1. The second kappa shape index (κ2) is 24.2. The van der Waals surface area contributed by atoms with Gasteiger partial charge < -0.3 is 49.1 Å². The molecule has 4 saturated heterocycles. The number of anilines is 5. The number of morpholine rings is 1. The summed E-state index contributed by atoms with van der Waals surface area (Å²) in [5, 5.41) is 26.9. The number of fused-ring (bicyclic) bond motifs is 3. The monoisotopic (exact) mass is 1210 g/mol. The number of carbonyl (C=O) groups is 1. The second-order valence-corrected chi connectivity index (χ2v) is 27.9. The van der Waals surface area contributed by atoms with Crippen molar-refractivity contribution in [2.75, 3.05) is 92.8 Å². The largest absolute Gasteiger partial charge is 0.493 e. The Labute approximate surface area is 509 Å². The van der Waals surface area contributed by atoms with Crippen molar-refractivity contribution < 1.29 is 42.2 Å². The Morgan fingerprint density at radius 1 is 0.897 bits per heavy atom. The van der Waals surface area contributed by atoms with Crippen LogP contribution in [0.5, 0.6) is 11.6 Å². The molecule has 6 aromatic rings. The maximum atomic E-state index is 14.9. The number of likely N-dealkylation sites (tertiary alicyclic amines) is 1. The molecule has 87 heavy (non-hydrogen) atoms. The number of amides is 1. The molecule has 2 aliphatic carbocycles. The Hall–Kier alpha value is -7.04. The van der Waals surface area contributed by atoms with E-state index >= 15 is 0 Å². The number of hydrogen-bond acceptors (Lipinski definition) is 17. The van der Waals surface area contributed by atoms with Gasteiger partial charge in [0, 0.05) is 80.9 Å². The molecule has 2 saturated carbocycles. The number of carbonyl (C=O) groups excluding carboxylic acids is 1. The third-order valence-corrected chi connectivity index (χ3v) is 21.6. The van der Waals surface area contributed by atoms with Gasteiger partial charge in [-0.1, -0.05) is 38.1 Å². The predicted molar refractivity (Wildman–Crippen MR) is 334 cm³/mol. The van der Waals surface area contributed by atoms with Crippen molar-refractivity contribution in [3.63, 3.8) is 0 Å². The lowest BCUT2D eigenvalue weighted by atomic mass is 9.59. The van der Waals surface area contributed by atoms with E-state index < -0.39 is 43.1 Å². The molecule has 462 valence electrons. The number of hydrogen-bond donors (Lipinski definition) is 4. The topological polar surface area (TPSA) is 230 Å². The minimum Gasteiger partial charge on any atom is -0.493 e. The lowest BCUT2D eigenvalue weighted by Gasteiger charge is -2.58. The zero-order chi connectivity index (χ0) is 60.2. The summed E-state index contributed by atoms with van der Waals surface area (Å²) in [6.45, 7) is 13.3. The van der Waals surface area contributed by atoms with Crippen molar-refractivity contribution in [2.24, 2.45) is 17.3 Å². The Bertz CT molecular complexity index is 3620. The molecule has 5 aliphatic heterocycles. The molecule has 1 amide bonds. The number of nitrogens with one attached hydrogen (secondary N) is 3. The molecule has 13 rings (SSSR count). The molecular formula is C66H82N10O10S. The zero-order valence-corrected chi connectivity index (χ0v) is 51.2. The van der Waals surface area contributed by atoms with Gasteiger partial charge in [-0.3, -0.25) is 19.8 Å². The third-order valence-electron chi connectivity index (χ3n) is 20.2. The fourth-order valence-electron chi connectivity index (χ4n) is 15.3. The number of nitro benzene ring substituents is 1. The lowest BCUT2D eigenvalue weighted by molar-refractivity contribution is -0.384. The summed E-state index contributed by atoms with van der Waals surface area (Å²) in [6, 6.07) is 25.0. The van der Waals surface area contributed by atoms with Crippen LogP contribution in [0.4, 0.5) is 34.3 Å². The number of nitrogens with zero attached hydrogens (tertiary/aromatic N) is 7. The van der Waals surface area contributed by atoms with Gasteiger partial charge in [-0.05, 0) is 179 Å². The molecule has 7 aliphatic rings. The van der Waals surface area contributed by atoms with Crippen molar-refractivity contribution in [3.05, 3.63) is 124 Å². The van der Waals surface area contributed by atoms with Gasteiger partial charge in [0.1, 0.15) is 23.1 Å². The summed E-state index contributed by atoms with van der Waals surface area (Å²) in [4.78, 5) is 49.0. The van der Waals surface area contributed by atoms with Crippen LogP contribution in [0.2, 0.25) is 0 Å². The molecule has 0 unspecified atom stereocenters. The van der Waals surface area contributed by atoms with Gasteiger partial charge in [0.05, 0.1) is 59.6 Å². The van der Waals surface area contributed by atoms with Crippen molar-refractivity contribution in [1.29, 1.82) is 0 Å². The van der Waals surface area contributed by atoms with Crippen LogP contribution in [-0.4, -0.2) is 141 Å². The summed E-state index contributed by atoms with van der Waals surface area (Å²) in [5.74, 6) is 2.28. The van der Waals surface area contributed by atoms with Crippen LogP contribution in [-0.2, 0) is 25.9 Å². The van der Waals surface area contributed by atoms with E-state index in [1.165, 1.54) is 28.8 Å². The first-order valence-electron chi connectivity index (χ1n) is 31.4. The normalized spacial score (nSPS) is 25.1. The summed E-state index contributed by atoms with van der Waals surface area (Å²) in [6.07, 6.45) is 14.2. The molecule has 6 fully saturated rings. The van der Waals surface area contributed by atoms with E-state index in [2.05, 4.69) is 85.0 Å². The predicted octanol–water partition coefficient (Wildman–Crippen LogP) is 10.4. The van der Waals surface area contributed by atoms with Gasteiger partial charge in [0.2, 0.25) is 5.88 Å². The highest BCUT2D eigenvalue weighted by molar-refractivity contribution is 7.90. The molecule has 0 radical (unpaired) electrons. The van der Waals surface area contributed by atoms with Crippen molar-refractivity contribution in [1.82, 2.24) is 24.6 Å². The molecule has 4 N–H and O–H groups in total. The molecule has 4 atom stereocenters. The van der Waals surface area contributed by atoms with E-state index in [1.807, 2.05) is 37.4 Å². The van der Waals surface area contributed by atoms with Gasteiger partial charge in [0.15, 0.2) is 11.6 Å². The number of aromatic nitrogens is 3. The van der Waals surface area contributed by atoms with E-state index in [0.717, 1.165) is 119 Å². The molecular weight excluding hydrogens is 1120 g/mol. The maximum absolute atomic E-state index is 14.9. The number of methoxy groups -OCH3 is 1. The van der Waals surface area contributed by atoms with Crippen LogP contribution in [0.1, 0.15) is 130 Å². The Morgan fingerprint density at radius 3 is 2.46 bits per heavy atom. The van der Waals surface area contributed by atoms with Gasteiger partial charge in [0.25, 0.3) is 21.6 Å². The highest BCUT2D eigenvalue weighted by Gasteiger charge is 2.51.